The molecule has 0 aliphatic heterocycles. The highest BCUT2D eigenvalue weighted by atomic mass is 35.5. The minimum absolute atomic E-state index is 0.0919. The molecule has 1 heterocycles. The van der Waals surface area contributed by atoms with Crippen molar-refractivity contribution in [2.45, 2.75) is 50.9 Å². The maximum Gasteiger partial charge on any atom is 0.411 e. The monoisotopic (exact) mass is 507 g/mol. The molecule has 0 aliphatic rings. The third kappa shape index (κ3) is 5.49. The third-order valence-corrected chi connectivity index (χ3v) is 5.96. The summed E-state index contributed by atoms with van der Waals surface area (Å²) in [6.45, 7) is 7.30. The van der Waals surface area contributed by atoms with E-state index in [4.69, 9.17) is 21.1 Å². The van der Waals surface area contributed by atoms with Crippen molar-refractivity contribution in [2.24, 2.45) is 0 Å². The van der Waals surface area contributed by atoms with Gasteiger partial charge in [0.05, 0.1) is 12.1 Å². The highest BCUT2D eigenvalue weighted by Crippen LogP contribution is 2.36. The van der Waals surface area contributed by atoms with Gasteiger partial charge in [-0.3, -0.25) is 0 Å². The predicted molar refractivity (Wildman–Crippen MR) is 121 cm³/mol. The van der Waals surface area contributed by atoms with Crippen LogP contribution in [-0.4, -0.2) is 51.4 Å². The number of aromatic nitrogens is 2. The first-order valence-electron chi connectivity index (χ1n) is 9.55. The number of ether oxygens (including phenoxy) is 2. The highest BCUT2D eigenvalue weighted by Gasteiger charge is 2.34. The fourth-order valence-corrected chi connectivity index (χ4v) is 4.41. The molecular weight excluding hydrogens is 484 g/mol. The molecule has 0 saturated carbocycles. The van der Waals surface area contributed by atoms with E-state index in [0.717, 1.165) is 28.9 Å². The van der Waals surface area contributed by atoms with Crippen LogP contribution in [-0.2, 0) is 9.47 Å². The van der Waals surface area contributed by atoms with Gasteiger partial charge in [0.15, 0.2) is 30.0 Å². The van der Waals surface area contributed by atoms with Gasteiger partial charge < -0.3 is 14.4 Å². The summed E-state index contributed by atoms with van der Waals surface area (Å²) in [5, 5.41) is -0.0340. The molecule has 1 amide bonds. The average molecular weight is 508 g/mol. The number of methoxy groups -OCH3 is 1. The summed E-state index contributed by atoms with van der Waals surface area (Å²) >= 11 is 6.75. The molecule has 1 aromatic heterocycles. The number of carbonyl (C=O) groups is 2. The molecule has 0 bridgehead atoms. The van der Waals surface area contributed by atoms with Crippen LogP contribution >= 0.6 is 35.7 Å². The quantitative estimate of drug-likeness (QED) is 0.325. The summed E-state index contributed by atoms with van der Waals surface area (Å²) in [7, 11) is 1.16. The van der Waals surface area contributed by atoms with Gasteiger partial charge in [0.25, 0.3) is 0 Å². The van der Waals surface area contributed by atoms with Crippen molar-refractivity contribution in [1.82, 2.24) is 13.9 Å². The number of halogens is 3. The van der Waals surface area contributed by atoms with E-state index in [1.54, 1.807) is 6.26 Å². The third-order valence-electron chi connectivity index (χ3n) is 4.49. The van der Waals surface area contributed by atoms with Crippen LogP contribution in [0.15, 0.2) is 23.2 Å². The predicted octanol–water partition coefficient (Wildman–Crippen LogP) is 5.91. The number of carbonyl (C=O) groups excluding carboxylic acids is 2. The minimum atomic E-state index is -1.28. The second-order valence-electron chi connectivity index (χ2n) is 7.21. The van der Waals surface area contributed by atoms with E-state index in [1.807, 2.05) is 27.7 Å². The number of esters is 1. The molecule has 12 heteroatoms. The summed E-state index contributed by atoms with van der Waals surface area (Å²) in [6.07, 6.45) is -0.321. The van der Waals surface area contributed by atoms with Crippen LogP contribution in [0.1, 0.15) is 55.7 Å². The Bertz CT molecular complexity index is 980. The Morgan fingerprint density at radius 1 is 1.22 bits per heavy atom. The number of amides is 1. The number of nitrogens with zero attached hydrogens (tertiary/aromatic N) is 3. The van der Waals surface area contributed by atoms with Crippen LogP contribution in [0.25, 0.3) is 0 Å². The second kappa shape index (κ2) is 11.2. The van der Waals surface area contributed by atoms with Gasteiger partial charge in [-0.15, -0.1) is 15.6 Å². The number of hydrogen-bond acceptors (Lipinski definition) is 7. The lowest BCUT2D eigenvalue weighted by Gasteiger charge is -2.31. The van der Waals surface area contributed by atoms with Crippen molar-refractivity contribution in [3.63, 3.8) is 0 Å². The fraction of sp³-hybridized carbons (Fsp3) is 0.450. The van der Waals surface area contributed by atoms with Crippen LogP contribution in [0.2, 0.25) is 5.02 Å². The molecule has 0 saturated heterocycles. The number of benzene rings is 1. The van der Waals surface area contributed by atoms with E-state index in [-0.39, 0.29) is 51.5 Å². The van der Waals surface area contributed by atoms with E-state index in [2.05, 4.69) is 4.98 Å². The van der Waals surface area contributed by atoms with Crippen molar-refractivity contribution in [3.8, 4) is 0 Å². The first-order valence-corrected chi connectivity index (χ1v) is 11.8. The number of hydrogen-bond donors (Lipinski definition) is 0. The van der Waals surface area contributed by atoms with Crippen molar-refractivity contribution in [1.29, 1.82) is 0 Å². The largest absolute Gasteiger partial charge is 0.464 e. The van der Waals surface area contributed by atoms with E-state index in [1.165, 1.54) is 17.0 Å². The molecule has 7 nitrogen and oxygen atoms in total. The molecule has 1 aromatic carbocycles. The Labute approximate surface area is 199 Å². The van der Waals surface area contributed by atoms with Crippen LogP contribution in [0, 0.1) is 5.82 Å². The van der Waals surface area contributed by atoms with Crippen molar-refractivity contribution in [2.75, 3.05) is 13.4 Å². The van der Waals surface area contributed by atoms with Crippen molar-refractivity contribution < 1.29 is 27.3 Å². The Morgan fingerprint density at radius 2 is 1.84 bits per heavy atom. The molecule has 0 radical (unpaired) electrons. The molecule has 2 rings (SSSR count). The molecular formula is C20H24ClF2N3O4S2. The van der Waals surface area contributed by atoms with Gasteiger partial charge in [-0.25, -0.2) is 22.9 Å². The first-order chi connectivity index (χ1) is 15.1. The SMILES string of the molecule is COC(=O)c1c(SC)nc(C(OC(=O)N(C(C)C)C(C)C)c2ccc(F)c(Cl)c2)n1SF. The molecule has 1 atom stereocenters. The molecule has 176 valence electrons. The van der Waals surface area contributed by atoms with E-state index in [9.17, 15) is 17.9 Å². The lowest BCUT2D eigenvalue weighted by Crippen LogP contribution is -2.43. The molecule has 32 heavy (non-hydrogen) atoms. The van der Waals surface area contributed by atoms with Gasteiger partial charge in [0.1, 0.15) is 10.8 Å². The van der Waals surface area contributed by atoms with Gasteiger partial charge in [0.2, 0.25) is 0 Å². The fourth-order valence-electron chi connectivity index (χ4n) is 3.17. The van der Waals surface area contributed by atoms with Gasteiger partial charge >= 0.3 is 12.1 Å². The summed E-state index contributed by atoms with van der Waals surface area (Å²) in [4.78, 5) is 31.2. The molecule has 1 unspecified atom stereocenters. The smallest absolute Gasteiger partial charge is 0.411 e. The van der Waals surface area contributed by atoms with Gasteiger partial charge in [-0.2, -0.15) is 0 Å². The maximum atomic E-state index is 14.1. The summed E-state index contributed by atoms with van der Waals surface area (Å²) in [5.41, 5.74) is 0.0999. The second-order valence-corrected chi connectivity index (χ2v) is 8.92. The van der Waals surface area contributed by atoms with Crippen molar-refractivity contribution in [3.05, 3.63) is 46.1 Å². The molecule has 0 aliphatic carbocycles. The van der Waals surface area contributed by atoms with Crippen LogP contribution in [0.4, 0.5) is 13.1 Å². The lowest BCUT2D eigenvalue weighted by atomic mass is 10.1. The molecule has 0 N–H and O–H groups in total. The minimum Gasteiger partial charge on any atom is -0.464 e. The Morgan fingerprint density at radius 3 is 2.31 bits per heavy atom. The number of thioether (sulfide) groups is 1. The zero-order valence-electron chi connectivity index (χ0n) is 18.4. The van der Waals surface area contributed by atoms with E-state index >= 15 is 0 Å². The standard InChI is InChI=1S/C20H24ClF2N3O4S2/c1-10(2)25(11(3)4)20(28)30-16(12-7-8-14(22)13(21)9-12)17-24-18(31-6)15(19(27)29-5)26(17)32-23/h7-11,16H,1-6H3. The first kappa shape index (κ1) is 26.3. The Balaban J connectivity index is 2.69. The van der Waals surface area contributed by atoms with Gasteiger partial charge in [-0.1, -0.05) is 17.7 Å². The van der Waals surface area contributed by atoms with Crippen molar-refractivity contribution >= 4 is 47.8 Å². The van der Waals surface area contributed by atoms with E-state index < -0.39 is 24.0 Å². The van der Waals surface area contributed by atoms with E-state index in [0.29, 0.717) is 0 Å². The molecule has 0 spiro atoms. The highest BCUT2D eigenvalue weighted by molar-refractivity contribution is 7.98. The molecule has 2 aromatic rings. The zero-order chi connectivity index (χ0) is 24.2. The topological polar surface area (TPSA) is 73.7 Å². The summed E-state index contributed by atoms with van der Waals surface area (Å²) < 4.78 is 39.2. The number of rotatable bonds is 8. The average Bonchev–Trinajstić information content (AvgIpc) is 3.11. The van der Waals surface area contributed by atoms with Crippen LogP contribution in [0.3, 0.4) is 0 Å². The summed E-state index contributed by atoms with van der Waals surface area (Å²) in [5.74, 6) is -1.58. The summed E-state index contributed by atoms with van der Waals surface area (Å²) in [6, 6.07) is 3.34. The molecule has 0 fully saturated rings. The van der Waals surface area contributed by atoms with Crippen LogP contribution < -0.4 is 0 Å². The van der Waals surface area contributed by atoms with Crippen LogP contribution in [0.5, 0.6) is 0 Å². The lowest BCUT2D eigenvalue weighted by molar-refractivity contribution is 0.0547. The van der Waals surface area contributed by atoms with Gasteiger partial charge in [-0.05, 0) is 46.1 Å². The Hall–Kier alpha value is -1.98. The number of imidazole rings is 1. The maximum absolute atomic E-state index is 14.1. The normalized spacial score (nSPS) is 12.2. The Kier molecular flexibility index (Phi) is 9.23. The zero-order valence-corrected chi connectivity index (χ0v) is 20.8. The van der Waals surface area contributed by atoms with Gasteiger partial charge in [0, 0.05) is 17.6 Å².